The molecular weight excluding hydrogens is 418 g/mol. The topological polar surface area (TPSA) is 110 Å². The fraction of sp³-hybridized carbons (Fsp3) is 0.636. The molecule has 0 aliphatic carbocycles. The molecule has 0 bridgehead atoms. The number of carbonyl (C=O) groups is 2. The fourth-order valence-corrected chi connectivity index (χ4v) is 6.11. The van der Waals surface area contributed by atoms with Gasteiger partial charge in [0.1, 0.15) is 10.6 Å². The van der Waals surface area contributed by atoms with Gasteiger partial charge in [-0.3, -0.25) is 9.59 Å². The lowest BCUT2D eigenvalue weighted by molar-refractivity contribution is -0.139. The number of piperidine rings is 2. The van der Waals surface area contributed by atoms with E-state index in [4.69, 9.17) is 10.5 Å². The van der Waals surface area contributed by atoms with E-state index in [-0.39, 0.29) is 41.0 Å². The summed E-state index contributed by atoms with van der Waals surface area (Å²) in [7, 11) is -2.34. The van der Waals surface area contributed by atoms with E-state index >= 15 is 0 Å². The van der Waals surface area contributed by atoms with Gasteiger partial charge in [0, 0.05) is 32.1 Å². The molecule has 3 rings (SSSR count). The van der Waals surface area contributed by atoms with Crippen LogP contribution in [0.25, 0.3) is 0 Å². The summed E-state index contributed by atoms with van der Waals surface area (Å²) in [4.78, 5) is 26.3. The molecule has 1 aromatic rings. The lowest BCUT2D eigenvalue weighted by Gasteiger charge is -2.37. The Morgan fingerprint density at radius 3 is 2.35 bits per heavy atom. The van der Waals surface area contributed by atoms with Crippen LogP contribution in [0.1, 0.15) is 51.0 Å². The van der Waals surface area contributed by atoms with Gasteiger partial charge in [0.05, 0.1) is 13.0 Å². The van der Waals surface area contributed by atoms with Crippen molar-refractivity contribution in [1.29, 1.82) is 0 Å². The molecular formula is C22H33N3O5S. The van der Waals surface area contributed by atoms with E-state index in [9.17, 15) is 18.0 Å². The standard InChI is InChI=1S/C22H33N3O5S/c1-15(2)17-6-7-19(30-3)20(13-17)31(28,29)25-10-4-5-18(14-25)22(27)24-11-8-16(9-12-24)21(23)26/h6-7,13,15-16,18H,4-5,8-12,14H2,1-3H3,(H2,23,26)/t18-/m0/s1. The normalized spacial score (nSPS) is 21.3. The number of ether oxygens (including phenoxy) is 1. The quantitative estimate of drug-likeness (QED) is 0.711. The molecule has 0 aromatic heterocycles. The van der Waals surface area contributed by atoms with Gasteiger partial charge < -0.3 is 15.4 Å². The SMILES string of the molecule is COc1ccc(C(C)C)cc1S(=O)(=O)N1CCC[C@H](C(=O)N2CCC(C(N)=O)CC2)C1. The number of sulfonamides is 1. The van der Waals surface area contributed by atoms with Crippen molar-refractivity contribution >= 4 is 21.8 Å². The summed E-state index contributed by atoms with van der Waals surface area (Å²) in [5, 5.41) is 0. The van der Waals surface area contributed by atoms with Crippen LogP contribution in [0.15, 0.2) is 23.1 Å². The second kappa shape index (κ2) is 9.56. The molecule has 2 aliphatic rings. The molecule has 2 fully saturated rings. The maximum Gasteiger partial charge on any atom is 0.246 e. The van der Waals surface area contributed by atoms with Gasteiger partial charge in [0.2, 0.25) is 21.8 Å². The van der Waals surface area contributed by atoms with Gasteiger partial charge >= 0.3 is 0 Å². The minimum atomic E-state index is -3.80. The Balaban J connectivity index is 1.76. The molecule has 0 unspecified atom stereocenters. The third-order valence-electron chi connectivity index (χ3n) is 6.41. The molecule has 2 N–H and O–H groups in total. The first-order valence-corrected chi connectivity index (χ1v) is 12.3. The van der Waals surface area contributed by atoms with Crippen molar-refractivity contribution in [3.8, 4) is 5.75 Å². The summed E-state index contributed by atoms with van der Waals surface area (Å²) < 4.78 is 33.7. The van der Waals surface area contributed by atoms with Crippen LogP contribution in [0.5, 0.6) is 5.75 Å². The maximum atomic E-state index is 13.5. The van der Waals surface area contributed by atoms with Gasteiger partial charge in [-0.15, -0.1) is 0 Å². The molecule has 2 amide bonds. The number of hydrogen-bond donors (Lipinski definition) is 1. The number of primary amides is 1. The highest BCUT2D eigenvalue weighted by Gasteiger charge is 2.37. The Morgan fingerprint density at radius 1 is 1.10 bits per heavy atom. The second-order valence-corrected chi connectivity index (χ2v) is 10.7. The van der Waals surface area contributed by atoms with Crippen LogP contribution >= 0.6 is 0 Å². The van der Waals surface area contributed by atoms with Gasteiger partial charge in [-0.25, -0.2) is 8.42 Å². The summed E-state index contributed by atoms with van der Waals surface area (Å²) in [5.41, 5.74) is 6.30. The molecule has 0 radical (unpaired) electrons. The van der Waals surface area contributed by atoms with Gasteiger partial charge in [0.25, 0.3) is 0 Å². The van der Waals surface area contributed by atoms with Gasteiger partial charge in [-0.2, -0.15) is 4.31 Å². The Labute approximate surface area is 184 Å². The number of hydrogen-bond acceptors (Lipinski definition) is 5. The van der Waals surface area contributed by atoms with E-state index in [0.29, 0.717) is 51.1 Å². The van der Waals surface area contributed by atoms with Gasteiger partial charge in [-0.05, 0) is 49.3 Å². The predicted molar refractivity (Wildman–Crippen MR) is 117 cm³/mol. The van der Waals surface area contributed by atoms with Crippen LogP contribution < -0.4 is 10.5 Å². The van der Waals surface area contributed by atoms with Crippen molar-refractivity contribution in [3.63, 3.8) is 0 Å². The van der Waals surface area contributed by atoms with Crippen LogP contribution in [0, 0.1) is 11.8 Å². The highest BCUT2D eigenvalue weighted by Crippen LogP contribution is 2.33. The Hall–Kier alpha value is -2.13. The minimum Gasteiger partial charge on any atom is -0.495 e. The lowest BCUT2D eigenvalue weighted by Crippen LogP contribution is -2.49. The molecule has 9 heteroatoms. The molecule has 0 saturated carbocycles. The number of rotatable bonds is 6. The number of nitrogens with zero attached hydrogens (tertiary/aromatic N) is 2. The van der Waals surface area contributed by atoms with Crippen LogP contribution in [-0.4, -0.2) is 62.7 Å². The van der Waals surface area contributed by atoms with Gasteiger partial charge in [-0.1, -0.05) is 19.9 Å². The van der Waals surface area contributed by atoms with Crippen molar-refractivity contribution in [2.45, 2.75) is 50.3 Å². The van der Waals surface area contributed by atoms with Crippen molar-refractivity contribution in [1.82, 2.24) is 9.21 Å². The average molecular weight is 452 g/mol. The number of benzene rings is 1. The fourth-order valence-electron chi connectivity index (χ4n) is 4.40. The summed E-state index contributed by atoms with van der Waals surface area (Å²) >= 11 is 0. The number of nitrogens with two attached hydrogens (primary N) is 1. The third-order valence-corrected chi connectivity index (χ3v) is 8.30. The third kappa shape index (κ3) is 5.03. The zero-order chi connectivity index (χ0) is 22.8. The highest BCUT2D eigenvalue weighted by molar-refractivity contribution is 7.89. The monoisotopic (exact) mass is 451 g/mol. The van der Waals surface area contributed by atoms with Crippen LogP contribution in [0.2, 0.25) is 0 Å². The highest BCUT2D eigenvalue weighted by atomic mass is 32.2. The van der Waals surface area contributed by atoms with Gasteiger partial charge in [0.15, 0.2) is 0 Å². The number of methoxy groups -OCH3 is 1. The molecule has 31 heavy (non-hydrogen) atoms. The maximum absolute atomic E-state index is 13.5. The predicted octanol–water partition coefficient (Wildman–Crippen LogP) is 1.94. The molecule has 0 spiro atoms. The summed E-state index contributed by atoms with van der Waals surface area (Å²) in [5.74, 6) is -0.434. The Kier molecular flexibility index (Phi) is 7.26. The van der Waals surface area contributed by atoms with Crippen molar-refractivity contribution in [2.75, 3.05) is 33.3 Å². The molecule has 1 aromatic carbocycles. The van der Waals surface area contributed by atoms with Crippen LogP contribution in [0.4, 0.5) is 0 Å². The first-order valence-electron chi connectivity index (χ1n) is 10.9. The molecule has 2 heterocycles. The summed E-state index contributed by atoms with van der Waals surface area (Å²) in [6.45, 7) is 5.53. The van der Waals surface area contributed by atoms with Crippen LogP contribution in [0.3, 0.4) is 0 Å². The average Bonchev–Trinajstić information content (AvgIpc) is 2.78. The smallest absolute Gasteiger partial charge is 0.246 e. The zero-order valence-corrected chi connectivity index (χ0v) is 19.4. The number of likely N-dealkylation sites (tertiary alicyclic amines) is 1. The molecule has 172 valence electrons. The first kappa shape index (κ1) is 23.5. The lowest BCUT2D eigenvalue weighted by atomic mass is 9.93. The Bertz CT molecular complexity index is 923. The van der Waals surface area contributed by atoms with E-state index in [0.717, 1.165) is 5.56 Å². The van der Waals surface area contributed by atoms with Crippen molar-refractivity contribution < 1.29 is 22.7 Å². The number of amides is 2. The molecule has 2 aliphatic heterocycles. The molecule has 2 saturated heterocycles. The number of carbonyl (C=O) groups excluding carboxylic acids is 2. The largest absolute Gasteiger partial charge is 0.495 e. The summed E-state index contributed by atoms with van der Waals surface area (Å²) in [6, 6.07) is 5.25. The summed E-state index contributed by atoms with van der Waals surface area (Å²) in [6.07, 6.45) is 2.41. The zero-order valence-electron chi connectivity index (χ0n) is 18.5. The van der Waals surface area contributed by atoms with Crippen molar-refractivity contribution in [3.05, 3.63) is 23.8 Å². The van der Waals surface area contributed by atoms with E-state index in [1.807, 2.05) is 19.9 Å². The minimum absolute atomic E-state index is 0.0364. The van der Waals surface area contributed by atoms with Crippen molar-refractivity contribution in [2.24, 2.45) is 17.6 Å². The van der Waals surface area contributed by atoms with E-state index in [1.165, 1.54) is 11.4 Å². The molecule has 1 atom stereocenters. The first-order chi connectivity index (χ1) is 14.6. The second-order valence-electron chi connectivity index (χ2n) is 8.77. The van der Waals surface area contributed by atoms with Crippen LogP contribution in [-0.2, 0) is 19.6 Å². The van der Waals surface area contributed by atoms with E-state index in [1.54, 1.807) is 17.0 Å². The van der Waals surface area contributed by atoms with E-state index in [2.05, 4.69) is 0 Å². The van der Waals surface area contributed by atoms with E-state index < -0.39 is 10.0 Å². The molecule has 8 nitrogen and oxygen atoms in total. The Morgan fingerprint density at radius 2 is 1.77 bits per heavy atom.